The van der Waals surface area contributed by atoms with E-state index in [0.717, 1.165) is 25.7 Å². The van der Waals surface area contributed by atoms with Gasteiger partial charge in [0.05, 0.1) is 11.6 Å². The highest BCUT2D eigenvalue weighted by Crippen LogP contribution is 2.30. The van der Waals surface area contributed by atoms with Crippen molar-refractivity contribution in [1.82, 2.24) is 9.78 Å². The van der Waals surface area contributed by atoms with E-state index < -0.39 is 5.97 Å². The van der Waals surface area contributed by atoms with Crippen LogP contribution in [0.1, 0.15) is 58.1 Å². The highest BCUT2D eigenvalue weighted by atomic mass is 16.4. The van der Waals surface area contributed by atoms with Crippen molar-refractivity contribution in [2.24, 2.45) is 0 Å². The Bertz CT molecular complexity index is 745. The van der Waals surface area contributed by atoms with E-state index in [2.05, 4.69) is 10.4 Å². The summed E-state index contributed by atoms with van der Waals surface area (Å²) >= 11 is 0. The Labute approximate surface area is 134 Å². The van der Waals surface area contributed by atoms with Crippen molar-refractivity contribution >= 4 is 17.6 Å². The molecule has 1 aromatic heterocycles. The number of aryl methyl sites for hydroxylation is 1. The molecule has 2 aromatic rings. The lowest BCUT2D eigenvalue weighted by Gasteiger charge is -2.14. The molecule has 0 unspecified atom stereocenters. The van der Waals surface area contributed by atoms with Gasteiger partial charge in [-0.15, -0.1) is 0 Å². The molecule has 1 aliphatic rings. The van der Waals surface area contributed by atoms with Gasteiger partial charge >= 0.3 is 5.97 Å². The molecule has 1 aliphatic carbocycles. The molecular weight excluding hydrogens is 294 g/mol. The van der Waals surface area contributed by atoms with E-state index in [0.29, 0.717) is 16.9 Å². The molecule has 0 spiro atoms. The van der Waals surface area contributed by atoms with Gasteiger partial charge in [-0.2, -0.15) is 5.10 Å². The van der Waals surface area contributed by atoms with Crippen LogP contribution in [0.25, 0.3) is 0 Å². The number of amides is 1. The number of aromatic nitrogens is 2. The summed E-state index contributed by atoms with van der Waals surface area (Å²) in [6.07, 6.45) is 6.02. The van der Waals surface area contributed by atoms with Gasteiger partial charge in [-0.1, -0.05) is 18.9 Å². The molecule has 1 aromatic carbocycles. The first-order valence-electron chi connectivity index (χ1n) is 7.75. The van der Waals surface area contributed by atoms with Crippen LogP contribution < -0.4 is 5.32 Å². The van der Waals surface area contributed by atoms with Crippen molar-refractivity contribution < 1.29 is 14.7 Å². The van der Waals surface area contributed by atoms with E-state index >= 15 is 0 Å². The molecule has 3 rings (SSSR count). The maximum atomic E-state index is 12.5. The average molecular weight is 313 g/mol. The Morgan fingerprint density at radius 2 is 2.00 bits per heavy atom. The minimum Gasteiger partial charge on any atom is -0.478 e. The molecule has 0 atom stereocenters. The molecule has 6 heteroatoms. The maximum Gasteiger partial charge on any atom is 0.336 e. The zero-order chi connectivity index (χ0) is 16.4. The number of anilines is 1. The largest absolute Gasteiger partial charge is 0.478 e. The van der Waals surface area contributed by atoms with Gasteiger partial charge in [0.25, 0.3) is 5.91 Å². The fourth-order valence-electron chi connectivity index (χ4n) is 3.06. The fraction of sp³-hybridized carbons (Fsp3) is 0.353. The van der Waals surface area contributed by atoms with Crippen LogP contribution in [0.4, 0.5) is 5.69 Å². The van der Waals surface area contributed by atoms with E-state index in [4.69, 9.17) is 5.11 Å². The highest BCUT2D eigenvalue weighted by Gasteiger charge is 2.22. The summed E-state index contributed by atoms with van der Waals surface area (Å²) in [5.41, 5.74) is 1.82. The fourth-order valence-corrected chi connectivity index (χ4v) is 3.06. The van der Waals surface area contributed by atoms with Crippen LogP contribution in [0.3, 0.4) is 0 Å². The van der Waals surface area contributed by atoms with Crippen LogP contribution in [-0.4, -0.2) is 26.8 Å². The van der Waals surface area contributed by atoms with Gasteiger partial charge in [0.2, 0.25) is 0 Å². The number of carbonyl (C=O) groups excluding carboxylic acids is 1. The molecule has 0 bridgehead atoms. The normalized spacial score (nSPS) is 14.8. The molecule has 1 saturated carbocycles. The van der Waals surface area contributed by atoms with Crippen molar-refractivity contribution in [2.45, 2.75) is 38.6 Å². The lowest BCUT2D eigenvalue weighted by Crippen LogP contribution is -2.20. The number of rotatable bonds is 4. The van der Waals surface area contributed by atoms with Crippen molar-refractivity contribution in [2.75, 3.05) is 5.32 Å². The van der Waals surface area contributed by atoms with Crippen LogP contribution in [0.15, 0.2) is 30.5 Å². The molecule has 0 saturated heterocycles. The number of carbonyl (C=O) groups is 2. The number of aromatic carboxylic acids is 1. The molecule has 1 heterocycles. The molecule has 1 amide bonds. The lowest BCUT2D eigenvalue weighted by molar-refractivity contribution is 0.0695. The third kappa shape index (κ3) is 3.11. The summed E-state index contributed by atoms with van der Waals surface area (Å²) in [4.78, 5) is 23.7. The maximum absolute atomic E-state index is 12.5. The number of hydrogen-bond donors (Lipinski definition) is 2. The third-order valence-corrected chi connectivity index (χ3v) is 4.30. The van der Waals surface area contributed by atoms with Gasteiger partial charge in [-0.05, 0) is 43.5 Å². The second kappa shape index (κ2) is 6.24. The van der Waals surface area contributed by atoms with Crippen molar-refractivity contribution in [3.8, 4) is 0 Å². The van der Waals surface area contributed by atoms with E-state index in [1.54, 1.807) is 36.0 Å². The van der Waals surface area contributed by atoms with Gasteiger partial charge in [0, 0.05) is 11.9 Å². The van der Waals surface area contributed by atoms with Crippen molar-refractivity contribution in [3.63, 3.8) is 0 Å². The summed E-state index contributed by atoms with van der Waals surface area (Å²) < 4.78 is 1.79. The summed E-state index contributed by atoms with van der Waals surface area (Å²) in [6, 6.07) is 6.84. The van der Waals surface area contributed by atoms with E-state index in [1.165, 1.54) is 6.07 Å². The smallest absolute Gasteiger partial charge is 0.336 e. The molecule has 2 N–H and O–H groups in total. The minimum absolute atomic E-state index is 0.187. The lowest BCUT2D eigenvalue weighted by atomic mass is 10.1. The average Bonchev–Trinajstić information content (AvgIpc) is 3.19. The summed E-state index contributed by atoms with van der Waals surface area (Å²) in [5, 5.41) is 16.2. The van der Waals surface area contributed by atoms with Gasteiger partial charge in [-0.3, -0.25) is 9.48 Å². The first-order chi connectivity index (χ1) is 11.1. The first kappa shape index (κ1) is 15.3. The number of nitrogens with one attached hydrogen (secondary N) is 1. The quantitative estimate of drug-likeness (QED) is 0.907. The molecule has 120 valence electrons. The number of nitrogens with zero attached hydrogens (tertiary/aromatic N) is 2. The minimum atomic E-state index is -1.01. The molecule has 0 aliphatic heterocycles. The molecule has 23 heavy (non-hydrogen) atoms. The third-order valence-electron chi connectivity index (χ3n) is 4.30. The first-order valence-corrected chi connectivity index (χ1v) is 7.75. The zero-order valence-corrected chi connectivity index (χ0v) is 13.0. The molecule has 0 radical (unpaired) electrons. The van der Waals surface area contributed by atoms with Gasteiger partial charge in [0.1, 0.15) is 5.69 Å². The van der Waals surface area contributed by atoms with Gasteiger partial charge in [0.15, 0.2) is 0 Å². The van der Waals surface area contributed by atoms with Crippen molar-refractivity contribution in [1.29, 1.82) is 0 Å². The van der Waals surface area contributed by atoms with Gasteiger partial charge < -0.3 is 10.4 Å². The zero-order valence-electron chi connectivity index (χ0n) is 13.0. The Morgan fingerprint density at radius 1 is 1.26 bits per heavy atom. The van der Waals surface area contributed by atoms with Crippen LogP contribution in [-0.2, 0) is 0 Å². The predicted octanol–water partition coefficient (Wildman–Crippen LogP) is 3.26. The standard InChI is InChI=1S/C17H19N3O3/c1-11-6-7-12(10-14(11)17(22)23)19-16(21)15-8-9-18-20(15)13-4-2-3-5-13/h6-10,13H,2-5H2,1H3,(H,19,21)(H,22,23). The van der Waals surface area contributed by atoms with Crippen LogP contribution in [0.2, 0.25) is 0 Å². The summed E-state index contributed by atoms with van der Waals surface area (Å²) in [5.74, 6) is -1.27. The SMILES string of the molecule is Cc1ccc(NC(=O)c2ccnn2C2CCCC2)cc1C(=O)O. The topological polar surface area (TPSA) is 84.2 Å². The van der Waals surface area contributed by atoms with Crippen LogP contribution in [0, 0.1) is 6.92 Å². The molecule has 1 fully saturated rings. The van der Waals surface area contributed by atoms with E-state index in [9.17, 15) is 9.59 Å². The Hall–Kier alpha value is -2.63. The predicted molar refractivity (Wildman–Crippen MR) is 85.8 cm³/mol. The number of carboxylic acids is 1. The second-order valence-electron chi connectivity index (χ2n) is 5.89. The Morgan fingerprint density at radius 3 is 2.70 bits per heavy atom. The molecular formula is C17H19N3O3. The van der Waals surface area contributed by atoms with E-state index in [1.807, 2.05) is 0 Å². The number of carboxylic acid groups (broad SMARTS) is 1. The molecule has 6 nitrogen and oxygen atoms in total. The Balaban J connectivity index is 1.81. The van der Waals surface area contributed by atoms with Crippen LogP contribution in [0.5, 0.6) is 0 Å². The van der Waals surface area contributed by atoms with Crippen LogP contribution >= 0.6 is 0 Å². The highest BCUT2D eigenvalue weighted by molar-refractivity contribution is 6.03. The monoisotopic (exact) mass is 313 g/mol. The number of benzene rings is 1. The van der Waals surface area contributed by atoms with Crippen molar-refractivity contribution in [3.05, 3.63) is 47.3 Å². The summed E-state index contributed by atoms with van der Waals surface area (Å²) in [7, 11) is 0. The van der Waals surface area contributed by atoms with Gasteiger partial charge in [-0.25, -0.2) is 4.79 Å². The second-order valence-corrected chi connectivity index (χ2v) is 5.89. The summed E-state index contributed by atoms with van der Waals surface area (Å²) in [6.45, 7) is 1.73. The van der Waals surface area contributed by atoms with E-state index in [-0.39, 0.29) is 17.5 Å². The Kier molecular flexibility index (Phi) is 4.14. The number of hydrogen-bond acceptors (Lipinski definition) is 3.